The molecule has 0 spiro atoms. The van der Waals surface area contributed by atoms with Gasteiger partial charge >= 0.3 is 48.1 Å². The lowest BCUT2D eigenvalue weighted by molar-refractivity contribution is -0.551. The summed E-state index contributed by atoms with van der Waals surface area (Å²) in [5, 5.41) is 5.84. The third kappa shape index (κ3) is 3.30. The second kappa shape index (κ2) is 6.33. The number of hydrogen-bond acceptors (Lipinski definition) is 1. The van der Waals surface area contributed by atoms with Crippen LogP contribution in [0.5, 0.6) is 0 Å². The monoisotopic (exact) mass is 468 g/mol. The van der Waals surface area contributed by atoms with Crippen LogP contribution in [0.25, 0.3) is 0 Å². The van der Waals surface area contributed by atoms with Gasteiger partial charge in [-0.25, -0.2) is 0 Å². The summed E-state index contributed by atoms with van der Waals surface area (Å²) in [6.45, 7) is 0. The first-order valence-electron chi connectivity index (χ1n) is 5.53. The van der Waals surface area contributed by atoms with Gasteiger partial charge in [0.2, 0.25) is 0 Å². The van der Waals surface area contributed by atoms with Crippen LogP contribution in [-0.2, 0) is 5.21 Å². The van der Waals surface area contributed by atoms with Crippen LogP contribution in [0.4, 0.5) is 79.0 Å². The summed E-state index contributed by atoms with van der Waals surface area (Å²) in [5.41, 5.74) is -17.5. The Hall–Kier alpha value is -1.34. The fourth-order valence-corrected chi connectivity index (χ4v) is 1.91. The molecule has 0 saturated carbocycles. The van der Waals surface area contributed by atoms with Crippen molar-refractivity contribution in [2.45, 2.75) is 48.1 Å². The van der Waals surface area contributed by atoms with E-state index in [4.69, 9.17) is 0 Å². The largest absolute Gasteiger partial charge is 0.427 e. The average Bonchev–Trinajstić information content (AvgIpc) is 2.14. The Labute approximate surface area is 139 Å². The zero-order valence-corrected chi connectivity index (χ0v) is 11.7. The van der Waals surface area contributed by atoms with Crippen LogP contribution in [0, 0.1) is 0 Å². The molecule has 0 aromatic rings. The van der Waals surface area contributed by atoms with Gasteiger partial charge in [-0.2, -0.15) is 79.0 Å². The molecule has 0 rings (SSSR count). The summed E-state index contributed by atoms with van der Waals surface area (Å²) >= 11 is 0. The van der Waals surface area contributed by atoms with E-state index in [1.807, 2.05) is 0 Å². The van der Waals surface area contributed by atoms with Crippen LogP contribution in [-0.4, -0.2) is 53.2 Å². The lowest BCUT2D eigenvalue weighted by Gasteiger charge is -2.50. The summed E-state index contributed by atoms with van der Waals surface area (Å²) in [5.74, 6) is 0. The topological polar surface area (TPSA) is 23.1 Å². The molecule has 0 bridgehead atoms. The van der Waals surface area contributed by atoms with Gasteiger partial charge in [0.1, 0.15) is 0 Å². The second-order valence-electron chi connectivity index (χ2n) is 4.70. The Morgan fingerprint density at radius 2 is 0.429 bits per heavy atom. The minimum Gasteiger partial charge on any atom is -0.168 e. The van der Waals surface area contributed by atoms with Crippen molar-refractivity contribution in [3.05, 3.63) is 0 Å². The molecule has 0 unspecified atom stereocenters. The Balaban J connectivity index is 7.83. The van der Waals surface area contributed by atoms with E-state index in [1.54, 1.807) is 0 Å². The molecular weight excluding hydrogens is 468 g/mol. The Morgan fingerprint density at radius 3 is 0.500 bits per heavy atom. The highest BCUT2D eigenvalue weighted by Crippen LogP contribution is 2.64. The molecule has 0 aromatic carbocycles. The number of hydrogen-bond donors (Lipinski definition) is 0. The first-order valence-corrected chi connectivity index (χ1v) is 5.53. The van der Waals surface area contributed by atoms with Crippen LogP contribution in [0.2, 0.25) is 0 Å². The van der Waals surface area contributed by atoms with E-state index in [2.05, 4.69) is 0 Å². The van der Waals surface area contributed by atoms with Crippen LogP contribution in [0.1, 0.15) is 0 Å². The van der Waals surface area contributed by atoms with Crippen molar-refractivity contribution in [2.75, 3.05) is 0 Å². The Kier molecular flexibility index (Phi) is 6.02. The first kappa shape index (κ1) is 26.7. The minimum atomic E-state index is -8.76. The van der Waals surface area contributed by atoms with Gasteiger partial charge in [0.25, 0.3) is 0 Å². The molecule has 0 aliphatic carbocycles. The Bertz CT molecular complexity index is 431. The van der Waals surface area contributed by atoms with Gasteiger partial charge in [-0.3, -0.25) is 0 Å². The summed E-state index contributed by atoms with van der Waals surface area (Å²) in [7, 11) is 0. The normalized spacial score (nSPS) is 16.7. The van der Waals surface area contributed by atoms with Crippen molar-refractivity contribution < 1.29 is 84.2 Å². The maximum atomic E-state index is 12.5. The second-order valence-corrected chi connectivity index (χ2v) is 4.70. The molecule has 20 heteroatoms. The first-order chi connectivity index (χ1) is 11.7. The molecule has 169 valence electrons. The lowest BCUT2D eigenvalue weighted by Crippen LogP contribution is -2.85. The molecule has 2 nitrogen and oxygen atoms in total. The van der Waals surface area contributed by atoms with Crippen molar-refractivity contribution in [3.63, 3.8) is 0 Å². The predicted octanol–water partition coefficient (Wildman–Crippen LogP) is 5.49. The van der Waals surface area contributed by atoms with E-state index >= 15 is 0 Å². The fourth-order valence-electron chi connectivity index (χ4n) is 1.91. The molecule has 0 atom stereocenters. The fraction of sp³-hybridized carbons (Fsp3) is 1.00. The van der Waals surface area contributed by atoms with E-state index in [0.717, 1.165) is 0 Å². The average molecular weight is 468 g/mol. The highest BCUT2D eigenvalue weighted by molar-refractivity contribution is 5.17. The standard InChI is InChI=1S/C8F18NO/c9-3(10,11)1(4(12,13)14,5(15,16)17)27(28)2(6(18,19)20,7(21,22)23)8(24,25)26. The van der Waals surface area contributed by atoms with Crippen molar-refractivity contribution >= 4 is 0 Å². The molecule has 0 fully saturated rings. The Morgan fingerprint density at radius 1 is 0.321 bits per heavy atom. The van der Waals surface area contributed by atoms with E-state index in [0.29, 0.717) is 0 Å². The number of alkyl halides is 18. The molecule has 0 aromatic heterocycles. The van der Waals surface area contributed by atoms with Gasteiger partial charge in [0, 0.05) is 0 Å². The van der Waals surface area contributed by atoms with Crippen molar-refractivity contribution in [1.82, 2.24) is 5.06 Å². The minimum absolute atomic E-state index is 5.12. The van der Waals surface area contributed by atoms with Crippen LogP contribution in [0.15, 0.2) is 0 Å². The number of halogens is 18. The SMILES string of the molecule is [O]N(C(C(F)(F)F)(C(F)(F)F)C(F)(F)F)C(C(F)(F)F)(C(F)(F)F)C(F)(F)F. The summed E-state index contributed by atoms with van der Waals surface area (Å²) in [6, 6.07) is 0. The maximum Gasteiger partial charge on any atom is 0.427 e. The number of rotatable bonds is 2. The molecule has 0 aliphatic heterocycles. The van der Waals surface area contributed by atoms with Crippen molar-refractivity contribution in [3.8, 4) is 0 Å². The van der Waals surface area contributed by atoms with Crippen molar-refractivity contribution in [1.29, 1.82) is 0 Å². The van der Waals surface area contributed by atoms with Gasteiger partial charge in [-0.15, -0.1) is 5.21 Å². The zero-order chi connectivity index (χ0) is 23.6. The number of nitrogens with zero attached hydrogens (tertiary/aromatic N) is 1. The van der Waals surface area contributed by atoms with Crippen LogP contribution >= 0.6 is 0 Å². The molecule has 0 heterocycles. The van der Waals surface area contributed by atoms with Crippen LogP contribution in [0.3, 0.4) is 0 Å². The summed E-state index contributed by atoms with van der Waals surface area (Å²) in [6.07, 6.45) is -50.8. The van der Waals surface area contributed by atoms with Gasteiger partial charge in [0.05, 0.1) is 0 Å². The quantitative estimate of drug-likeness (QED) is 0.389. The van der Waals surface area contributed by atoms with E-state index in [1.165, 1.54) is 0 Å². The van der Waals surface area contributed by atoms with E-state index < -0.39 is 53.2 Å². The van der Waals surface area contributed by atoms with Gasteiger partial charge in [-0.1, -0.05) is 5.06 Å². The highest BCUT2D eigenvalue weighted by Gasteiger charge is 2.98. The summed E-state index contributed by atoms with van der Waals surface area (Å²) < 4.78 is 226. The third-order valence-electron chi connectivity index (χ3n) is 3.07. The third-order valence-corrected chi connectivity index (χ3v) is 3.07. The summed E-state index contributed by atoms with van der Waals surface area (Å²) in [4.78, 5) is 0. The zero-order valence-electron chi connectivity index (χ0n) is 11.7. The van der Waals surface area contributed by atoms with Crippen LogP contribution < -0.4 is 0 Å². The van der Waals surface area contributed by atoms with Gasteiger partial charge < -0.3 is 0 Å². The maximum absolute atomic E-state index is 12.5. The lowest BCUT2D eigenvalue weighted by atomic mass is 9.86. The molecular formula is C8F18NO. The number of hydroxylamine groups is 2. The highest BCUT2D eigenvalue weighted by atomic mass is 19.4. The predicted molar refractivity (Wildman–Crippen MR) is 44.3 cm³/mol. The molecule has 0 N–H and O–H groups in total. The van der Waals surface area contributed by atoms with E-state index in [9.17, 15) is 84.2 Å². The molecule has 0 amide bonds. The molecule has 0 saturated heterocycles. The molecule has 28 heavy (non-hydrogen) atoms. The smallest absolute Gasteiger partial charge is 0.168 e. The molecule has 0 aliphatic rings. The molecule has 1 radical (unpaired) electrons. The van der Waals surface area contributed by atoms with Gasteiger partial charge in [0.15, 0.2) is 0 Å². The van der Waals surface area contributed by atoms with Gasteiger partial charge in [-0.05, 0) is 0 Å². The van der Waals surface area contributed by atoms with Crippen molar-refractivity contribution in [2.24, 2.45) is 0 Å². The van der Waals surface area contributed by atoms with E-state index in [-0.39, 0.29) is 0 Å².